The topological polar surface area (TPSA) is 88.4 Å². The minimum absolute atomic E-state index is 0.270. The van der Waals surface area contributed by atoms with E-state index in [9.17, 15) is 14.9 Å². The Balaban J connectivity index is 1.51. The molecular formula is C20H20N2O4S. The third-order valence-electron chi connectivity index (χ3n) is 4.25. The average molecular weight is 384 g/mol. The third kappa shape index (κ3) is 5.08. The van der Waals surface area contributed by atoms with Crippen LogP contribution in [0.15, 0.2) is 30.3 Å². The highest BCUT2D eigenvalue weighted by Gasteiger charge is 2.21. The Labute approximate surface area is 161 Å². The fourth-order valence-corrected chi connectivity index (χ4v) is 4.21. The van der Waals surface area contributed by atoms with Crippen LogP contribution in [0.3, 0.4) is 0 Å². The summed E-state index contributed by atoms with van der Waals surface area (Å²) in [6.45, 7) is -0.682. The first-order chi connectivity index (χ1) is 13.2. The molecule has 0 saturated carbocycles. The number of ether oxygens (including phenoxy) is 2. The number of aryl methyl sites for hydroxylation is 1. The van der Waals surface area contributed by atoms with E-state index < -0.39 is 18.5 Å². The van der Waals surface area contributed by atoms with Crippen LogP contribution in [-0.4, -0.2) is 25.1 Å². The zero-order valence-electron chi connectivity index (χ0n) is 14.8. The Morgan fingerprint density at radius 2 is 1.89 bits per heavy atom. The van der Waals surface area contributed by atoms with Crippen LogP contribution in [0.25, 0.3) is 0 Å². The molecule has 1 N–H and O–H groups in total. The van der Waals surface area contributed by atoms with E-state index >= 15 is 0 Å². The van der Waals surface area contributed by atoms with Gasteiger partial charge in [-0.25, -0.2) is 4.79 Å². The first kappa shape index (κ1) is 18.9. The van der Waals surface area contributed by atoms with Crippen molar-refractivity contribution in [3.63, 3.8) is 0 Å². The molecule has 2 aromatic rings. The number of thiophene rings is 1. The van der Waals surface area contributed by atoms with Crippen LogP contribution in [0.5, 0.6) is 5.75 Å². The fourth-order valence-electron chi connectivity index (χ4n) is 2.96. The largest absolute Gasteiger partial charge is 0.482 e. The van der Waals surface area contributed by atoms with Gasteiger partial charge < -0.3 is 14.8 Å². The van der Waals surface area contributed by atoms with Crippen molar-refractivity contribution < 1.29 is 19.1 Å². The monoisotopic (exact) mass is 384 g/mol. The van der Waals surface area contributed by atoms with Crippen molar-refractivity contribution in [3.05, 3.63) is 46.3 Å². The molecule has 0 fully saturated rings. The molecule has 1 amide bonds. The maximum Gasteiger partial charge on any atom is 0.344 e. The van der Waals surface area contributed by atoms with Gasteiger partial charge in [0.1, 0.15) is 16.8 Å². The third-order valence-corrected chi connectivity index (χ3v) is 5.46. The SMILES string of the molecule is N#Cc1c(NC(=O)COC(=O)COc2ccccc2)sc2c1CCCCC2. The highest BCUT2D eigenvalue weighted by atomic mass is 32.1. The summed E-state index contributed by atoms with van der Waals surface area (Å²) >= 11 is 1.45. The van der Waals surface area contributed by atoms with Gasteiger partial charge in [-0.3, -0.25) is 4.79 Å². The van der Waals surface area contributed by atoms with Crippen LogP contribution in [-0.2, 0) is 27.2 Å². The number of hydrogen-bond acceptors (Lipinski definition) is 6. The lowest BCUT2D eigenvalue weighted by molar-refractivity contribution is -0.149. The summed E-state index contributed by atoms with van der Waals surface area (Å²) < 4.78 is 10.2. The summed E-state index contributed by atoms with van der Waals surface area (Å²) in [6, 6.07) is 11.1. The average Bonchev–Trinajstić information content (AvgIpc) is 2.84. The van der Waals surface area contributed by atoms with Crippen LogP contribution in [0.2, 0.25) is 0 Å². The van der Waals surface area contributed by atoms with Gasteiger partial charge in [0, 0.05) is 4.88 Å². The molecule has 1 aromatic carbocycles. The summed E-state index contributed by atoms with van der Waals surface area (Å²) in [5.74, 6) is -0.537. The number of hydrogen-bond donors (Lipinski definition) is 1. The molecule has 0 saturated heterocycles. The number of nitrogens with zero attached hydrogens (tertiary/aromatic N) is 1. The van der Waals surface area contributed by atoms with Gasteiger partial charge in [-0.05, 0) is 43.4 Å². The Kier molecular flexibility index (Phi) is 6.44. The van der Waals surface area contributed by atoms with Crippen LogP contribution < -0.4 is 10.1 Å². The molecular weight excluding hydrogens is 364 g/mol. The molecule has 0 bridgehead atoms. The fraction of sp³-hybridized carbons (Fsp3) is 0.350. The van der Waals surface area contributed by atoms with Crippen molar-refractivity contribution in [1.82, 2.24) is 0 Å². The van der Waals surface area contributed by atoms with Gasteiger partial charge in [-0.1, -0.05) is 24.6 Å². The molecule has 1 aromatic heterocycles. The normalized spacial score (nSPS) is 13.0. The second kappa shape index (κ2) is 9.19. The first-order valence-corrected chi connectivity index (χ1v) is 9.67. The molecule has 0 atom stereocenters. The molecule has 1 aliphatic rings. The molecule has 7 heteroatoms. The van der Waals surface area contributed by atoms with Gasteiger partial charge in [0.05, 0.1) is 5.56 Å². The molecule has 140 valence electrons. The number of anilines is 1. The Morgan fingerprint density at radius 3 is 2.67 bits per heavy atom. The minimum atomic E-state index is -0.628. The van der Waals surface area contributed by atoms with Gasteiger partial charge in [-0.15, -0.1) is 11.3 Å². The molecule has 1 aliphatic carbocycles. The van der Waals surface area contributed by atoms with E-state index in [4.69, 9.17) is 9.47 Å². The summed E-state index contributed by atoms with van der Waals surface area (Å²) in [6.07, 6.45) is 5.14. The number of carbonyl (C=O) groups is 2. The van der Waals surface area contributed by atoms with Crippen LogP contribution >= 0.6 is 11.3 Å². The molecule has 3 rings (SSSR count). The van der Waals surface area contributed by atoms with E-state index in [0.29, 0.717) is 16.3 Å². The van der Waals surface area contributed by atoms with E-state index in [1.165, 1.54) is 16.2 Å². The molecule has 27 heavy (non-hydrogen) atoms. The van der Waals surface area contributed by atoms with Gasteiger partial charge in [0.15, 0.2) is 13.2 Å². The molecule has 0 spiro atoms. The zero-order chi connectivity index (χ0) is 19.1. The number of amides is 1. The lowest BCUT2D eigenvalue weighted by Crippen LogP contribution is -2.23. The van der Waals surface area contributed by atoms with Crippen molar-refractivity contribution in [2.45, 2.75) is 32.1 Å². The summed E-state index contributed by atoms with van der Waals surface area (Å²) in [5.41, 5.74) is 1.60. The number of nitriles is 1. The number of rotatable bonds is 6. The molecule has 0 radical (unpaired) electrons. The highest BCUT2D eigenvalue weighted by molar-refractivity contribution is 7.16. The van der Waals surface area contributed by atoms with Gasteiger partial charge >= 0.3 is 5.97 Å². The second-order valence-corrected chi connectivity index (χ2v) is 7.30. The number of benzene rings is 1. The number of nitrogens with one attached hydrogen (secondary N) is 1. The highest BCUT2D eigenvalue weighted by Crippen LogP contribution is 2.36. The number of para-hydroxylation sites is 1. The summed E-state index contributed by atoms with van der Waals surface area (Å²) in [7, 11) is 0. The van der Waals surface area contributed by atoms with Gasteiger partial charge in [-0.2, -0.15) is 5.26 Å². The predicted molar refractivity (Wildman–Crippen MR) is 102 cm³/mol. The lowest BCUT2D eigenvalue weighted by Gasteiger charge is -2.07. The first-order valence-electron chi connectivity index (χ1n) is 8.85. The van der Waals surface area contributed by atoms with Gasteiger partial charge in [0.2, 0.25) is 0 Å². The van der Waals surface area contributed by atoms with Crippen molar-refractivity contribution in [1.29, 1.82) is 5.26 Å². The smallest absolute Gasteiger partial charge is 0.344 e. The summed E-state index contributed by atoms with van der Waals surface area (Å²) in [4.78, 5) is 25.0. The lowest BCUT2D eigenvalue weighted by atomic mass is 10.1. The number of fused-ring (bicyclic) bond motifs is 1. The quantitative estimate of drug-likeness (QED) is 0.609. The van der Waals surface area contributed by atoms with E-state index in [2.05, 4.69) is 11.4 Å². The van der Waals surface area contributed by atoms with Crippen LogP contribution in [0, 0.1) is 11.3 Å². The number of esters is 1. The second-order valence-electron chi connectivity index (χ2n) is 6.19. The van der Waals surface area contributed by atoms with Crippen molar-refractivity contribution in [3.8, 4) is 11.8 Å². The Hall–Kier alpha value is -2.85. The zero-order valence-corrected chi connectivity index (χ0v) is 15.6. The molecule has 0 unspecified atom stereocenters. The molecule has 0 aliphatic heterocycles. The maximum absolute atomic E-state index is 12.1. The summed E-state index contributed by atoms with van der Waals surface area (Å²) in [5, 5.41) is 12.7. The van der Waals surface area contributed by atoms with E-state index in [1.54, 1.807) is 24.3 Å². The maximum atomic E-state index is 12.1. The van der Waals surface area contributed by atoms with Crippen molar-refractivity contribution in [2.75, 3.05) is 18.5 Å². The van der Waals surface area contributed by atoms with E-state index in [1.807, 2.05) is 6.07 Å². The number of carbonyl (C=O) groups excluding carboxylic acids is 2. The van der Waals surface area contributed by atoms with Crippen LogP contribution in [0.1, 0.15) is 35.3 Å². The molecule has 1 heterocycles. The van der Waals surface area contributed by atoms with E-state index in [-0.39, 0.29) is 6.61 Å². The van der Waals surface area contributed by atoms with Crippen molar-refractivity contribution in [2.24, 2.45) is 0 Å². The standard InChI is InChI=1S/C20H20N2O4S/c21-11-16-15-9-5-2-6-10-17(15)27-20(16)22-18(23)12-26-19(24)13-25-14-7-3-1-4-8-14/h1,3-4,7-8H,2,5-6,9-10,12-13H2,(H,22,23). The Bertz CT molecular complexity index is 855. The Morgan fingerprint density at radius 1 is 1.11 bits per heavy atom. The van der Waals surface area contributed by atoms with Gasteiger partial charge in [0.25, 0.3) is 5.91 Å². The predicted octanol–water partition coefficient (Wildman–Crippen LogP) is 3.45. The van der Waals surface area contributed by atoms with Crippen molar-refractivity contribution >= 4 is 28.2 Å². The minimum Gasteiger partial charge on any atom is -0.482 e. The van der Waals surface area contributed by atoms with E-state index in [0.717, 1.165) is 37.7 Å². The van der Waals surface area contributed by atoms with Crippen LogP contribution in [0.4, 0.5) is 5.00 Å². The molecule has 6 nitrogen and oxygen atoms in total.